The number of esters is 1. The largest absolute Gasteiger partial charge is 0.464 e. The normalized spacial score (nSPS) is 20.6. The summed E-state index contributed by atoms with van der Waals surface area (Å²) in [6, 6.07) is -0.399. The van der Waals surface area contributed by atoms with E-state index in [4.69, 9.17) is 4.74 Å². The Morgan fingerprint density at radius 2 is 2.36 bits per heavy atom. The number of nitrogens with one attached hydrogen (secondary N) is 1. The van der Waals surface area contributed by atoms with Gasteiger partial charge in [0.25, 0.3) is 0 Å². The molecule has 80 valence electrons. The Labute approximate surface area is 84.0 Å². The van der Waals surface area contributed by atoms with Gasteiger partial charge in [0.2, 0.25) is 5.91 Å². The molecule has 14 heavy (non-hydrogen) atoms. The summed E-state index contributed by atoms with van der Waals surface area (Å²) in [7, 11) is 0. The van der Waals surface area contributed by atoms with Crippen LogP contribution in [0, 0.1) is 0 Å². The molecule has 4 nitrogen and oxygen atoms in total. The number of amides is 1. The summed E-state index contributed by atoms with van der Waals surface area (Å²) in [4.78, 5) is 22.1. The predicted molar refractivity (Wildman–Crippen MR) is 51.6 cm³/mol. The van der Waals surface area contributed by atoms with E-state index in [1.807, 2.05) is 0 Å². The zero-order valence-corrected chi connectivity index (χ0v) is 8.54. The first-order valence-corrected chi connectivity index (χ1v) is 5.20. The van der Waals surface area contributed by atoms with E-state index in [1.165, 1.54) is 0 Å². The maximum absolute atomic E-state index is 11.3. The third kappa shape index (κ3) is 3.36. The Bertz CT molecular complexity index is 215. The quantitative estimate of drug-likeness (QED) is 0.531. The Morgan fingerprint density at radius 3 is 2.93 bits per heavy atom. The standard InChI is InChI=1S/C10H17NO3/c1-2-3-4-7-14-10(13)8-5-6-9(12)11-8/h8H,2-7H2,1H3,(H,11,12)/t8-/m0/s1. The van der Waals surface area contributed by atoms with Crippen LogP contribution in [0.3, 0.4) is 0 Å². The fourth-order valence-electron chi connectivity index (χ4n) is 1.42. The Morgan fingerprint density at radius 1 is 1.57 bits per heavy atom. The second-order valence-electron chi connectivity index (χ2n) is 3.53. The lowest BCUT2D eigenvalue weighted by Crippen LogP contribution is -2.34. The van der Waals surface area contributed by atoms with E-state index >= 15 is 0 Å². The van der Waals surface area contributed by atoms with Gasteiger partial charge < -0.3 is 10.1 Å². The molecule has 1 aliphatic rings. The number of carbonyl (C=O) groups excluding carboxylic acids is 2. The minimum absolute atomic E-state index is 0.0551. The van der Waals surface area contributed by atoms with Crippen LogP contribution in [-0.2, 0) is 14.3 Å². The van der Waals surface area contributed by atoms with Crippen LogP contribution in [0.1, 0.15) is 39.0 Å². The number of ether oxygens (including phenoxy) is 1. The maximum atomic E-state index is 11.3. The molecule has 1 rings (SSSR count). The van der Waals surface area contributed by atoms with Crippen LogP contribution in [0.15, 0.2) is 0 Å². The molecule has 0 saturated carbocycles. The lowest BCUT2D eigenvalue weighted by Gasteiger charge is -2.09. The van der Waals surface area contributed by atoms with Crippen LogP contribution in [-0.4, -0.2) is 24.5 Å². The van der Waals surface area contributed by atoms with E-state index < -0.39 is 6.04 Å². The minimum Gasteiger partial charge on any atom is -0.464 e. The summed E-state index contributed by atoms with van der Waals surface area (Å²) in [6.07, 6.45) is 4.10. The molecule has 1 N–H and O–H groups in total. The van der Waals surface area contributed by atoms with Crippen LogP contribution in [0.2, 0.25) is 0 Å². The van der Waals surface area contributed by atoms with Gasteiger partial charge in [0.05, 0.1) is 6.61 Å². The molecule has 1 atom stereocenters. The summed E-state index contributed by atoms with van der Waals surface area (Å²) in [6.45, 7) is 2.57. The highest BCUT2D eigenvalue weighted by Crippen LogP contribution is 2.08. The predicted octanol–water partition coefficient (Wildman–Crippen LogP) is 0.998. The van der Waals surface area contributed by atoms with Crippen molar-refractivity contribution < 1.29 is 14.3 Å². The van der Waals surface area contributed by atoms with Crippen molar-refractivity contribution in [2.45, 2.75) is 45.1 Å². The van der Waals surface area contributed by atoms with Crippen molar-refractivity contribution in [3.8, 4) is 0 Å². The second-order valence-corrected chi connectivity index (χ2v) is 3.53. The zero-order chi connectivity index (χ0) is 10.4. The van der Waals surface area contributed by atoms with E-state index in [2.05, 4.69) is 12.2 Å². The zero-order valence-electron chi connectivity index (χ0n) is 8.54. The molecule has 1 aliphatic heterocycles. The van der Waals surface area contributed by atoms with E-state index in [9.17, 15) is 9.59 Å². The van der Waals surface area contributed by atoms with Crippen molar-refractivity contribution >= 4 is 11.9 Å². The lowest BCUT2D eigenvalue weighted by atomic mass is 10.2. The topological polar surface area (TPSA) is 55.4 Å². The van der Waals surface area contributed by atoms with Gasteiger partial charge in [-0.2, -0.15) is 0 Å². The molecular weight excluding hydrogens is 182 g/mol. The molecular formula is C10H17NO3. The van der Waals surface area contributed by atoms with Gasteiger partial charge in [-0.05, 0) is 12.8 Å². The van der Waals surface area contributed by atoms with Crippen molar-refractivity contribution in [1.29, 1.82) is 0 Å². The van der Waals surface area contributed by atoms with E-state index in [-0.39, 0.29) is 11.9 Å². The van der Waals surface area contributed by atoms with Crippen molar-refractivity contribution in [3.05, 3.63) is 0 Å². The summed E-state index contributed by atoms with van der Waals surface area (Å²) < 4.78 is 5.02. The van der Waals surface area contributed by atoms with Gasteiger partial charge in [0.15, 0.2) is 0 Å². The third-order valence-electron chi connectivity index (χ3n) is 2.27. The molecule has 0 aliphatic carbocycles. The number of unbranched alkanes of at least 4 members (excludes halogenated alkanes) is 2. The average molecular weight is 199 g/mol. The van der Waals surface area contributed by atoms with Crippen molar-refractivity contribution in [1.82, 2.24) is 5.32 Å². The molecule has 1 amide bonds. The van der Waals surface area contributed by atoms with Gasteiger partial charge in [-0.25, -0.2) is 4.79 Å². The first kappa shape index (κ1) is 11.0. The summed E-state index contributed by atoms with van der Waals surface area (Å²) in [5, 5.41) is 2.58. The smallest absolute Gasteiger partial charge is 0.328 e. The Hall–Kier alpha value is -1.06. The van der Waals surface area contributed by atoms with Crippen LogP contribution in [0.4, 0.5) is 0 Å². The Balaban J connectivity index is 2.12. The Kier molecular flexibility index (Phi) is 4.43. The fraction of sp³-hybridized carbons (Fsp3) is 0.800. The number of carbonyl (C=O) groups is 2. The highest BCUT2D eigenvalue weighted by atomic mass is 16.5. The van der Waals surface area contributed by atoms with Crippen LogP contribution >= 0.6 is 0 Å². The molecule has 0 spiro atoms. The van der Waals surface area contributed by atoms with Gasteiger partial charge in [-0.15, -0.1) is 0 Å². The third-order valence-corrected chi connectivity index (χ3v) is 2.27. The lowest BCUT2D eigenvalue weighted by molar-refractivity contribution is -0.146. The number of hydrogen-bond donors (Lipinski definition) is 1. The average Bonchev–Trinajstić information content (AvgIpc) is 2.59. The SMILES string of the molecule is CCCCCOC(=O)[C@@H]1CCC(=O)N1. The minimum atomic E-state index is -0.399. The van der Waals surface area contributed by atoms with Gasteiger partial charge in [-0.1, -0.05) is 19.8 Å². The van der Waals surface area contributed by atoms with Crippen LogP contribution < -0.4 is 5.32 Å². The van der Waals surface area contributed by atoms with E-state index in [0.29, 0.717) is 19.4 Å². The van der Waals surface area contributed by atoms with Gasteiger partial charge in [0.1, 0.15) is 6.04 Å². The highest BCUT2D eigenvalue weighted by molar-refractivity contribution is 5.87. The van der Waals surface area contributed by atoms with Gasteiger partial charge in [0, 0.05) is 6.42 Å². The molecule has 4 heteroatoms. The maximum Gasteiger partial charge on any atom is 0.328 e. The number of hydrogen-bond acceptors (Lipinski definition) is 3. The molecule has 0 unspecified atom stereocenters. The highest BCUT2D eigenvalue weighted by Gasteiger charge is 2.28. The molecule has 0 aromatic heterocycles. The molecule has 0 aromatic carbocycles. The molecule has 0 bridgehead atoms. The molecule has 1 fully saturated rings. The van der Waals surface area contributed by atoms with Gasteiger partial charge >= 0.3 is 5.97 Å². The molecule has 0 aromatic rings. The molecule has 1 heterocycles. The fourth-order valence-corrected chi connectivity index (χ4v) is 1.42. The van der Waals surface area contributed by atoms with E-state index in [0.717, 1.165) is 19.3 Å². The second kappa shape index (κ2) is 5.62. The van der Waals surface area contributed by atoms with Crippen molar-refractivity contribution in [2.24, 2.45) is 0 Å². The molecule has 1 saturated heterocycles. The van der Waals surface area contributed by atoms with Crippen LogP contribution in [0.5, 0.6) is 0 Å². The van der Waals surface area contributed by atoms with Crippen molar-refractivity contribution in [3.63, 3.8) is 0 Å². The molecule has 0 radical (unpaired) electrons. The summed E-state index contributed by atoms with van der Waals surface area (Å²) in [5.41, 5.74) is 0. The monoisotopic (exact) mass is 199 g/mol. The summed E-state index contributed by atoms with van der Waals surface area (Å²) in [5.74, 6) is -0.340. The first-order chi connectivity index (χ1) is 6.74. The first-order valence-electron chi connectivity index (χ1n) is 5.20. The summed E-state index contributed by atoms with van der Waals surface area (Å²) >= 11 is 0. The van der Waals surface area contributed by atoms with E-state index in [1.54, 1.807) is 0 Å². The van der Waals surface area contributed by atoms with Crippen molar-refractivity contribution in [2.75, 3.05) is 6.61 Å². The van der Waals surface area contributed by atoms with Gasteiger partial charge in [-0.3, -0.25) is 4.79 Å². The number of rotatable bonds is 5. The van der Waals surface area contributed by atoms with Crippen LogP contribution in [0.25, 0.3) is 0 Å².